The lowest BCUT2D eigenvalue weighted by Crippen LogP contribution is -2.30. The maximum absolute atomic E-state index is 12.2. The van der Waals surface area contributed by atoms with Gasteiger partial charge in [-0.15, -0.1) is 0 Å². The second-order valence-electron chi connectivity index (χ2n) is 8.95. The minimum absolute atomic E-state index is 0.0101. The zero-order chi connectivity index (χ0) is 24.5. The van der Waals surface area contributed by atoms with E-state index in [1.165, 1.54) is 23.3 Å². The largest absolute Gasteiger partial charge is 0.481 e. The van der Waals surface area contributed by atoms with Crippen molar-refractivity contribution in [2.75, 3.05) is 19.7 Å². The highest BCUT2D eigenvalue weighted by Gasteiger charge is 2.28. The normalized spacial score (nSPS) is 13.4. The second kappa shape index (κ2) is 12.0. The van der Waals surface area contributed by atoms with Crippen LogP contribution in [0, 0.1) is 11.8 Å². The van der Waals surface area contributed by atoms with Crippen LogP contribution in [0.25, 0.3) is 11.1 Å². The highest BCUT2D eigenvalue weighted by Crippen LogP contribution is 2.44. The van der Waals surface area contributed by atoms with Gasteiger partial charge in [-0.1, -0.05) is 68.5 Å². The van der Waals surface area contributed by atoms with Crippen molar-refractivity contribution in [1.82, 2.24) is 10.6 Å². The molecule has 1 unspecified atom stereocenters. The highest BCUT2D eigenvalue weighted by molar-refractivity contribution is 5.87. The van der Waals surface area contributed by atoms with Crippen molar-refractivity contribution in [2.24, 2.45) is 11.8 Å². The molecule has 0 spiro atoms. The summed E-state index contributed by atoms with van der Waals surface area (Å²) in [5, 5.41) is 14.4. The van der Waals surface area contributed by atoms with Crippen molar-refractivity contribution in [2.45, 2.75) is 32.6 Å². The molecule has 2 aromatic rings. The lowest BCUT2D eigenvalue weighted by Gasteiger charge is -2.17. The first kappa shape index (κ1) is 25.0. The molecule has 0 bridgehead atoms. The van der Waals surface area contributed by atoms with Gasteiger partial charge in [0.25, 0.3) is 0 Å². The van der Waals surface area contributed by atoms with Crippen LogP contribution in [0.1, 0.15) is 43.7 Å². The van der Waals surface area contributed by atoms with Crippen LogP contribution in [0.3, 0.4) is 0 Å². The summed E-state index contributed by atoms with van der Waals surface area (Å²) in [6.45, 7) is 4.71. The first-order valence-electron chi connectivity index (χ1n) is 11.6. The third-order valence-electron chi connectivity index (χ3n) is 5.81. The van der Waals surface area contributed by atoms with Crippen molar-refractivity contribution in [1.29, 1.82) is 0 Å². The number of carboxylic acid groups (broad SMARTS) is 1. The molecular weight excluding hydrogens is 432 g/mol. The molecular formula is C27H32N2O5. The zero-order valence-corrected chi connectivity index (χ0v) is 19.6. The van der Waals surface area contributed by atoms with Gasteiger partial charge in [0.1, 0.15) is 6.61 Å². The summed E-state index contributed by atoms with van der Waals surface area (Å²) >= 11 is 0. The van der Waals surface area contributed by atoms with Gasteiger partial charge in [0.2, 0.25) is 5.91 Å². The number of carbonyl (C=O) groups excluding carboxylic acids is 2. The predicted molar refractivity (Wildman–Crippen MR) is 130 cm³/mol. The fraction of sp³-hybridized carbons (Fsp3) is 0.370. The number of carboxylic acids is 1. The minimum atomic E-state index is -0.872. The van der Waals surface area contributed by atoms with Gasteiger partial charge in [0.15, 0.2) is 0 Å². The van der Waals surface area contributed by atoms with Crippen LogP contribution < -0.4 is 10.6 Å². The van der Waals surface area contributed by atoms with E-state index in [9.17, 15) is 14.4 Å². The fourth-order valence-corrected chi connectivity index (χ4v) is 4.41. The number of ether oxygens (including phenoxy) is 1. The Morgan fingerprint density at radius 1 is 1.00 bits per heavy atom. The molecule has 1 atom stereocenters. The molecule has 0 saturated heterocycles. The van der Waals surface area contributed by atoms with E-state index in [-0.39, 0.29) is 37.3 Å². The molecule has 7 nitrogen and oxygen atoms in total. The van der Waals surface area contributed by atoms with Gasteiger partial charge < -0.3 is 20.5 Å². The van der Waals surface area contributed by atoms with E-state index in [1.54, 1.807) is 0 Å². The monoisotopic (exact) mass is 464 g/mol. The number of hydrogen-bond donors (Lipinski definition) is 3. The van der Waals surface area contributed by atoms with Crippen LogP contribution in [0.15, 0.2) is 60.7 Å². The summed E-state index contributed by atoms with van der Waals surface area (Å²) in [6, 6.07) is 16.3. The Hall–Kier alpha value is -3.61. The highest BCUT2D eigenvalue weighted by atomic mass is 16.5. The van der Waals surface area contributed by atoms with Crippen molar-refractivity contribution in [3.8, 4) is 11.1 Å². The number of aliphatic carboxylic acids is 1. The summed E-state index contributed by atoms with van der Waals surface area (Å²) in [7, 11) is 0. The van der Waals surface area contributed by atoms with Crippen molar-refractivity contribution >= 4 is 18.0 Å². The SMILES string of the molecule is CC(C)CC(CNC(=O)/C=C/CNC(=O)OCC1c2ccccc2-c2ccccc21)CC(=O)O. The third-order valence-corrected chi connectivity index (χ3v) is 5.81. The summed E-state index contributed by atoms with van der Waals surface area (Å²) in [5.41, 5.74) is 4.62. The smallest absolute Gasteiger partial charge is 0.407 e. The Kier molecular flexibility index (Phi) is 8.85. The van der Waals surface area contributed by atoms with Crippen molar-refractivity contribution in [3.63, 3.8) is 0 Å². The number of hydrogen-bond acceptors (Lipinski definition) is 4. The van der Waals surface area contributed by atoms with Gasteiger partial charge in [-0.05, 0) is 40.5 Å². The molecule has 1 aliphatic rings. The Bertz CT molecular complexity index is 1000. The number of fused-ring (bicyclic) bond motifs is 3. The van der Waals surface area contributed by atoms with Crippen LogP contribution in [-0.4, -0.2) is 42.8 Å². The first-order chi connectivity index (χ1) is 16.3. The van der Waals surface area contributed by atoms with E-state index in [1.807, 2.05) is 38.1 Å². The average Bonchev–Trinajstić information content (AvgIpc) is 3.12. The molecule has 3 rings (SSSR count). The van der Waals surface area contributed by atoms with Crippen LogP contribution in [-0.2, 0) is 14.3 Å². The molecule has 34 heavy (non-hydrogen) atoms. The molecule has 180 valence electrons. The number of carbonyl (C=O) groups is 3. The van der Waals surface area contributed by atoms with E-state index in [4.69, 9.17) is 9.84 Å². The van der Waals surface area contributed by atoms with E-state index in [2.05, 4.69) is 34.9 Å². The summed E-state index contributed by atoms with van der Waals surface area (Å²) in [5.74, 6) is -0.979. The third kappa shape index (κ3) is 6.94. The molecule has 3 N–H and O–H groups in total. The number of amides is 2. The molecule has 0 saturated carbocycles. The fourth-order valence-electron chi connectivity index (χ4n) is 4.41. The summed E-state index contributed by atoms with van der Waals surface area (Å²) in [6.07, 6.45) is 3.05. The quantitative estimate of drug-likeness (QED) is 0.429. The van der Waals surface area contributed by atoms with Crippen LogP contribution >= 0.6 is 0 Å². The second-order valence-corrected chi connectivity index (χ2v) is 8.95. The molecule has 0 radical (unpaired) electrons. The maximum Gasteiger partial charge on any atom is 0.407 e. The molecule has 0 aliphatic heterocycles. The lowest BCUT2D eigenvalue weighted by atomic mass is 9.94. The topological polar surface area (TPSA) is 105 Å². The Morgan fingerprint density at radius 3 is 2.21 bits per heavy atom. The van der Waals surface area contributed by atoms with Crippen molar-refractivity contribution < 1.29 is 24.2 Å². The summed E-state index contributed by atoms with van der Waals surface area (Å²) in [4.78, 5) is 35.2. The molecule has 0 aromatic heterocycles. The first-order valence-corrected chi connectivity index (χ1v) is 11.6. The van der Waals surface area contributed by atoms with Crippen LogP contribution in [0.2, 0.25) is 0 Å². The predicted octanol–water partition coefficient (Wildman–Crippen LogP) is 4.33. The zero-order valence-electron chi connectivity index (χ0n) is 19.6. The summed E-state index contributed by atoms with van der Waals surface area (Å²) < 4.78 is 5.46. The van der Waals surface area contributed by atoms with E-state index < -0.39 is 12.1 Å². The van der Waals surface area contributed by atoms with E-state index >= 15 is 0 Å². The number of benzene rings is 2. The molecule has 2 aromatic carbocycles. The maximum atomic E-state index is 12.2. The Labute approximate surface area is 200 Å². The van der Waals surface area contributed by atoms with Crippen molar-refractivity contribution in [3.05, 3.63) is 71.8 Å². The molecule has 0 fully saturated rings. The number of rotatable bonds is 11. The molecule has 7 heteroatoms. The van der Waals surface area contributed by atoms with Crippen LogP contribution in [0.5, 0.6) is 0 Å². The van der Waals surface area contributed by atoms with Gasteiger partial charge in [-0.2, -0.15) is 0 Å². The molecule has 0 heterocycles. The lowest BCUT2D eigenvalue weighted by molar-refractivity contribution is -0.138. The van der Waals surface area contributed by atoms with Gasteiger partial charge >= 0.3 is 12.1 Å². The van der Waals surface area contributed by atoms with E-state index in [0.717, 1.165) is 17.5 Å². The van der Waals surface area contributed by atoms with Crippen LogP contribution in [0.4, 0.5) is 4.79 Å². The van der Waals surface area contributed by atoms with Gasteiger partial charge in [0, 0.05) is 31.5 Å². The van der Waals surface area contributed by atoms with Gasteiger partial charge in [0.05, 0.1) is 0 Å². The minimum Gasteiger partial charge on any atom is -0.481 e. The number of alkyl carbamates (subject to hydrolysis) is 1. The molecule has 1 aliphatic carbocycles. The Morgan fingerprint density at radius 2 is 1.62 bits per heavy atom. The Balaban J connectivity index is 1.42. The average molecular weight is 465 g/mol. The van der Waals surface area contributed by atoms with Gasteiger partial charge in [-0.25, -0.2) is 4.79 Å². The van der Waals surface area contributed by atoms with Gasteiger partial charge in [-0.3, -0.25) is 9.59 Å². The van der Waals surface area contributed by atoms with E-state index in [0.29, 0.717) is 12.5 Å². The number of nitrogens with one attached hydrogen (secondary N) is 2. The molecule has 2 amide bonds. The standard InChI is InChI=1S/C27H32N2O5/c1-18(2)14-19(15-26(31)32)16-29-25(30)12-7-13-28-27(33)34-17-24-22-10-5-3-8-20(22)21-9-4-6-11-23(21)24/h3-12,18-19,24H,13-17H2,1-2H3,(H,28,33)(H,29,30)(H,31,32)/b12-7+.